The molecule has 0 saturated heterocycles. The Morgan fingerprint density at radius 3 is 2.63 bits per heavy atom. The molecule has 0 aliphatic heterocycles. The van der Waals surface area contributed by atoms with E-state index in [0.717, 1.165) is 22.0 Å². The summed E-state index contributed by atoms with van der Waals surface area (Å²) in [5.74, 6) is -0.300. The molecule has 0 spiro atoms. The molecule has 5 nitrogen and oxygen atoms in total. The fraction of sp³-hybridized carbons (Fsp3) is 0.0833. The number of aliphatic imine (C=N–C) groups is 1. The minimum absolute atomic E-state index is 0.0144. The molecule has 6 heteroatoms. The van der Waals surface area contributed by atoms with Crippen LogP contribution in [0.25, 0.3) is 10.9 Å². The van der Waals surface area contributed by atoms with Crippen molar-refractivity contribution >= 4 is 39.9 Å². The first-order valence-electron chi connectivity index (χ1n) is 9.35. The number of carbonyl (C=O) groups is 1. The van der Waals surface area contributed by atoms with Crippen LogP contribution in [-0.4, -0.2) is 28.9 Å². The van der Waals surface area contributed by atoms with Gasteiger partial charge in [0.25, 0.3) is 0 Å². The third kappa shape index (κ3) is 4.07. The van der Waals surface area contributed by atoms with Crippen LogP contribution in [0.3, 0.4) is 0 Å². The van der Waals surface area contributed by atoms with E-state index >= 15 is 0 Å². The maximum atomic E-state index is 11.6. The minimum Gasteiger partial charge on any atom is -0.494 e. The average molecular weight is 419 g/mol. The highest BCUT2D eigenvalue weighted by molar-refractivity contribution is 6.31. The molecule has 4 rings (SSSR count). The van der Waals surface area contributed by atoms with Gasteiger partial charge in [-0.3, -0.25) is 4.79 Å². The third-order valence-corrected chi connectivity index (χ3v) is 4.99. The molecule has 0 atom stereocenters. The third-order valence-electron chi connectivity index (χ3n) is 4.75. The Bertz CT molecular complexity index is 1250. The number of methoxy groups -OCH3 is 1. The van der Waals surface area contributed by atoms with Crippen LogP contribution in [0.15, 0.2) is 77.8 Å². The fourth-order valence-corrected chi connectivity index (χ4v) is 3.53. The topological polar surface area (TPSA) is 74.7 Å². The number of esters is 1. The first kappa shape index (κ1) is 19.7. The summed E-state index contributed by atoms with van der Waals surface area (Å²) in [7, 11) is 1.36. The van der Waals surface area contributed by atoms with Crippen LogP contribution >= 0.6 is 11.6 Å². The van der Waals surface area contributed by atoms with Gasteiger partial charge in [0.05, 0.1) is 36.0 Å². The number of aromatic nitrogens is 1. The lowest BCUT2D eigenvalue weighted by atomic mass is 10.0. The van der Waals surface area contributed by atoms with Crippen molar-refractivity contribution in [2.24, 2.45) is 4.99 Å². The SMILES string of the molecule is COC(=O)Cc1cccc(N=C(c2ccccc2)c2c(O)[nH]c3cc(Cl)ccc23)c1. The predicted molar refractivity (Wildman–Crippen MR) is 119 cm³/mol. The molecule has 0 radical (unpaired) electrons. The highest BCUT2D eigenvalue weighted by atomic mass is 35.5. The molecule has 0 aliphatic carbocycles. The summed E-state index contributed by atoms with van der Waals surface area (Å²) in [5, 5.41) is 12.1. The molecule has 3 aromatic carbocycles. The van der Waals surface area contributed by atoms with Gasteiger partial charge < -0.3 is 14.8 Å². The summed E-state index contributed by atoms with van der Waals surface area (Å²) in [6.07, 6.45) is 0.164. The number of ether oxygens (including phenoxy) is 1. The van der Waals surface area contributed by atoms with E-state index in [9.17, 15) is 9.90 Å². The summed E-state index contributed by atoms with van der Waals surface area (Å²) in [6, 6.07) is 22.4. The van der Waals surface area contributed by atoms with E-state index in [4.69, 9.17) is 21.3 Å². The summed E-state index contributed by atoms with van der Waals surface area (Å²) in [5.41, 5.74) is 4.23. The van der Waals surface area contributed by atoms with Gasteiger partial charge in [-0.15, -0.1) is 0 Å². The van der Waals surface area contributed by atoms with Crippen molar-refractivity contribution in [3.63, 3.8) is 0 Å². The summed E-state index contributed by atoms with van der Waals surface area (Å²) in [4.78, 5) is 19.5. The minimum atomic E-state index is -0.314. The number of hydrogen-bond acceptors (Lipinski definition) is 4. The monoisotopic (exact) mass is 418 g/mol. The van der Waals surface area contributed by atoms with Gasteiger partial charge in [0.2, 0.25) is 0 Å². The Kier molecular flexibility index (Phi) is 5.55. The maximum Gasteiger partial charge on any atom is 0.309 e. The van der Waals surface area contributed by atoms with Crippen LogP contribution in [0.2, 0.25) is 5.02 Å². The molecule has 0 unspecified atom stereocenters. The Labute approximate surface area is 178 Å². The molecule has 0 bridgehead atoms. The standard InChI is InChI=1S/C24H19ClN2O3/c1-30-21(28)13-15-6-5-9-18(12-15)26-23(16-7-3-2-4-8-16)22-19-11-10-17(25)14-20(19)27-24(22)29/h2-12,14,27,29H,13H2,1H3. The molecule has 1 heterocycles. The lowest BCUT2D eigenvalue weighted by Gasteiger charge is -2.08. The summed E-state index contributed by atoms with van der Waals surface area (Å²) < 4.78 is 4.75. The van der Waals surface area contributed by atoms with Crippen molar-refractivity contribution in [3.8, 4) is 5.88 Å². The van der Waals surface area contributed by atoms with Gasteiger partial charge in [-0.05, 0) is 29.8 Å². The maximum absolute atomic E-state index is 11.6. The van der Waals surface area contributed by atoms with Crippen LogP contribution in [-0.2, 0) is 16.0 Å². The van der Waals surface area contributed by atoms with Gasteiger partial charge in [-0.1, -0.05) is 60.1 Å². The van der Waals surface area contributed by atoms with Gasteiger partial charge in [-0.25, -0.2) is 4.99 Å². The molecule has 0 amide bonds. The summed E-state index contributed by atoms with van der Waals surface area (Å²) >= 11 is 6.11. The Morgan fingerprint density at radius 2 is 1.87 bits per heavy atom. The average Bonchev–Trinajstić information content (AvgIpc) is 3.07. The van der Waals surface area contributed by atoms with Gasteiger partial charge in [0.15, 0.2) is 5.88 Å². The van der Waals surface area contributed by atoms with Crippen LogP contribution in [0.1, 0.15) is 16.7 Å². The smallest absolute Gasteiger partial charge is 0.309 e. The lowest BCUT2D eigenvalue weighted by Crippen LogP contribution is -2.04. The number of H-pyrrole nitrogens is 1. The predicted octanol–water partition coefficient (Wildman–Crippen LogP) is 5.41. The fourth-order valence-electron chi connectivity index (χ4n) is 3.36. The number of aromatic amines is 1. The van der Waals surface area contributed by atoms with Crippen LogP contribution in [0.4, 0.5) is 5.69 Å². The van der Waals surface area contributed by atoms with Crippen LogP contribution in [0, 0.1) is 0 Å². The number of nitrogens with one attached hydrogen (secondary N) is 1. The van der Waals surface area contributed by atoms with E-state index in [0.29, 0.717) is 22.0 Å². The van der Waals surface area contributed by atoms with Gasteiger partial charge >= 0.3 is 5.97 Å². The molecule has 150 valence electrons. The number of fused-ring (bicyclic) bond motifs is 1. The van der Waals surface area contributed by atoms with Crippen molar-refractivity contribution in [3.05, 3.63) is 94.5 Å². The molecular weight excluding hydrogens is 400 g/mol. The molecule has 4 aromatic rings. The number of aromatic hydroxyl groups is 1. The summed E-state index contributed by atoms with van der Waals surface area (Å²) in [6.45, 7) is 0. The van der Waals surface area contributed by atoms with E-state index in [2.05, 4.69) is 4.98 Å². The molecule has 0 aliphatic rings. The largest absolute Gasteiger partial charge is 0.494 e. The van der Waals surface area contributed by atoms with E-state index in [1.54, 1.807) is 12.1 Å². The molecule has 1 aromatic heterocycles. The highest BCUT2D eigenvalue weighted by Crippen LogP contribution is 2.33. The zero-order valence-corrected chi connectivity index (χ0v) is 17.0. The van der Waals surface area contributed by atoms with E-state index in [1.165, 1.54) is 7.11 Å². The van der Waals surface area contributed by atoms with E-state index in [-0.39, 0.29) is 18.3 Å². The van der Waals surface area contributed by atoms with E-state index in [1.807, 2.05) is 60.7 Å². The number of hydrogen-bond donors (Lipinski definition) is 2. The second-order valence-corrected chi connectivity index (χ2v) is 7.22. The number of nitrogens with zero attached hydrogens (tertiary/aromatic N) is 1. The van der Waals surface area contributed by atoms with Crippen molar-refractivity contribution in [2.45, 2.75) is 6.42 Å². The van der Waals surface area contributed by atoms with Gasteiger partial charge in [0.1, 0.15) is 0 Å². The van der Waals surface area contributed by atoms with Gasteiger partial charge in [-0.2, -0.15) is 0 Å². The van der Waals surface area contributed by atoms with E-state index < -0.39 is 0 Å². The normalized spacial score (nSPS) is 11.6. The Balaban J connectivity index is 1.88. The molecular formula is C24H19ClN2O3. The molecule has 0 saturated carbocycles. The van der Waals surface area contributed by atoms with Crippen molar-refractivity contribution in [1.29, 1.82) is 0 Å². The van der Waals surface area contributed by atoms with Crippen molar-refractivity contribution in [2.75, 3.05) is 7.11 Å². The number of halogens is 1. The second-order valence-electron chi connectivity index (χ2n) is 6.79. The first-order chi connectivity index (χ1) is 14.5. The number of rotatable bonds is 5. The number of carbonyl (C=O) groups excluding carboxylic acids is 1. The van der Waals surface area contributed by atoms with Gasteiger partial charge in [0, 0.05) is 16.0 Å². The second kappa shape index (κ2) is 8.43. The zero-order valence-electron chi connectivity index (χ0n) is 16.2. The number of benzene rings is 3. The Morgan fingerprint density at radius 1 is 1.07 bits per heavy atom. The molecule has 30 heavy (non-hydrogen) atoms. The zero-order chi connectivity index (χ0) is 21.1. The van der Waals surface area contributed by atoms with Crippen LogP contribution < -0.4 is 0 Å². The Hall–Kier alpha value is -3.57. The quantitative estimate of drug-likeness (QED) is 0.336. The van der Waals surface area contributed by atoms with Crippen molar-refractivity contribution < 1.29 is 14.6 Å². The molecule has 2 N–H and O–H groups in total. The lowest BCUT2D eigenvalue weighted by molar-refractivity contribution is -0.139. The molecule has 0 fully saturated rings. The van der Waals surface area contributed by atoms with Crippen LogP contribution in [0.5, 0.6) is 5.88 Å². The van der Waals surface area contributed by atoms with Crippen molar-refractivity contribution in [1.82, 2.24) is 4.98 Å². The first-order valence-corrected chi connectivity index (χ1v) is 9.73. The highest BCUT2D eigenvalue weighted by Gasteiger charge is 2.19.